The number of aromatic nitrogens is 3. The minimum absolute atomic E-state index is 0.662. The van der Waals surface area contributed by atoms with Gasteiger partial charge in [0.25, 0.3) is 0 Å². The maximum atomic E-state index is 5.43. The van der Waals surface area contributed by atoms with Crippen LogP contribution >= 0.6 is 28.1 Å². The van der Waals surface area contributed by atoms with Crippen molar-refractivity contribution in [3.8, 4) is 0 Å². The fraction of sp³-hybridized carbons (Fsp3) is 0.538. The van der Waals surface area contributed by atoms with Gasteiger partial charge in [0.2, 0.25) is 0 Å². The number of imidazole rings is 1. The van der Waals surface area contributed by atoms with Crippen molar-refractivity contribution < 1.29 is 0 Å². The van der Waals surface area contributed by atoms with Gasteiger partial charge in [-0.25, -0.2) is 4.98 Å². The fourth-order valence-corrected chi connectivity index (χ4v) is 3.47. The van der Waals surface area contributed by atoms with E-state index in [0.29, 0.717) is 5.92 Å². The van der Waals surface area contributed by atoms with Crippen molar-refractivity contribution in [3.05, 3.63) is 21.5 Å². The van der Waals surface area contributed by atoms with Gasteiger partial charge in [-0.1, -0.05) is 0 Å². The molecule has 3 rings (SSSR count). The molecule has 4 nitrogen and oxygen atoms in total. The molecule has 1 N–H and O–H groups in total. The van der Waals surface area contributed by atoms with Crippen LogP contribution in [0, 0.1) is 10.7 Å². The first-order valence-electron chi connectivity index (χ1n) is 6.56. The molecule has 0 amide bonds. The lowest BCUT2D eigenvalue weighted by atomic mass is 9.98. The summed E-state index contributed by atoms with van der Waals surface area (Å²) in [5.41, 5.74) is 1.96. The summed E-state index contributed by atoms with van der Waals surface area (Å²) in [4.78, 5) is 10.1. The van der Waals surface area contributed by atoms with Crippen LogP contribution in [0.1, 0.15) is 12.8 Å². The van der Waals surface area contributed by atoms with Crippen LogP contribution < -0.4 is 0 Å². The Bertz CT molecular complexity index is 648. The molecule has 0 radical (unpaired) electrons. The lowest BCUT2D eigenvalue weighted by Gasteiger charge is -2.29. The molecule has 2 aromatic heterocycles. The van der Waals surface area contributed by atoms with Crippen LogP contribution in [0.2, 0.25) is 0 Å². The molecule has 1 unspecified atom stereocenters. The Balaban J connectivity index is 1.92. The van der Waals surface area contributed by atoms with E-state index in [-0.39, 0.29) is 0 Å². The predicted molar refractivity (Wildman–Crippen MR) is 82.8 cm³/mol. The molecule has 102 valence electrons. The molecule has 1 aliphatic heterocycles. The Morgan fingerprint density at radius 2 is 2.42 bits per heavy atom. The van der Waals surface area contributed by atoms with Gasteiger partial charge in [0, 0.05) is 23.8 Å². The first-order valence-corrected chi connectivity index (χ1v) is 7.76. The van der Waals surface area contributed by atoms with E-state index in [1.807, 2.05) is 12.3 Å². The number of nitrogens with one attached hydrogen (secondary N) is 1. The zero-order chi connectivity index (χ0) is 13.4. The number of likely N-dealkylation sites (tertiary alicyclic amines) is 1. The number of rotatable bonds is 2. The summed E-state index contributed by atoms with van der Waals surface area (Å²) >= 11 is 8.87. The van der Waals surface area contributed by atoms with E-state index >= 15 is 0 Å². The van der Waals surface area contributed by atoms with Crippen molar-refractivity contribution in [2.24, 2.45) is 5.92 Å². The van der Waals surface area contributed by atoms with E-state index in [0.717, 1.165) is 33.5 Å². The van der Waals surface area contributed by atoms with E-state index in [1.165, 1.54) is 19.4 Å². The van der Waals surface area contributed by atoms with Gasteiger partial charge in [-0.05, 0) is 66.6 Å². The third-order valence-electron chi connectivity index (χ3n) is 3.74. The van der Waals surface area contributed by atoms with E-state index in [1.54, 1.807) is 0 Å². The molecule has 1 aliphatic rings. The van der Waals surface area contributed by atoms with Crippen LogP contribution in [0.25, 0.3) is 11.2 Å². The first-order chi connectivity index (χ1) is 9.13. The SMILES string of the molecule is CN1CCCC(Cn2c(=S)[nH]c3cc(Br)cnc32)C1. The van der Waals surface area contributed by atoms with Gasteiger partial charge in [-0.15, -0.1) is 0 Å². The standard InChI is InChI=1S/C13H17BrN4S/c1-17-4-2-3-9(7-17)8-18-12-11(16-13(18)19)5-10(14)6-15-12/h5-6,9H,2-4,7-8H2,1H3,(H,16,19). The number of piperidine rings is 1. The van der Waals surface area contributed by atoms with Gasteiger partial charge < -0.3 is 14.5 Å². The number of fused-ring (bicyclic) bond motifs is 1. The van der Waals surface area contributed by atoms with Gasteiger partial charge in [-0.2, -0.15) is 0 Å². The van der Waals surface area contributed by atoms with E-state index in [4.69, 9.17) is 12.2 Å². The normalized spacial score (nSPS) is 21.1. The fourth-order valence-electron chi connectivity index (χ4n) is 2.87. The Kier molecular flexibility index (Phi) is 3.73. The Hall–Kier alpha value is -0.720. The second kappa shape index (κ2) is 5.34. The lowest BCUT2D eigenvalue weighted by molar-refractivity contribution is 0.195. The number of nitrogens with zero attached hydrogens (tertiary/aromatic N) is 3. The average Bonchev–Trinajstić information content (AvgIpc) is 2.65. The van der Waals surface area contributed by atoms with Crippen LogP contribution in [0.5, 0.6) is 0 Å². The maximum Gasteiger partial charge on any atom is 0.179 e. The molecule has 3 heterocycles. The molecule has 0 saturated carbocycles. The topological polar surface area (TPSA) is 36.9 Å². The molecule has 6 heteroatoms. The summed E-state index contributed by atoms with van der Waals surface area (Å²) in [6.45, 7) is 3.31. The number of halogens is 1. The molecule has 1 fully saturated rings. The second-order valence-corrected chi connectivity index (χ2v) is 6.64. The number of hydrogen-bond donors (Lipinski definition) is 1. The predicted octanol–water partition coefficient (Wildman–Crippen LogP) is 3.20. The maximum absolute atomic E-state index is 5.43. The van der Waals surface area contributed by atoms with Crippen LogP contribution in [0.3, 0.4) is 0 Å². The zero-order valence-electron chi connectivity index (χ0n) is 10.9. The van der Waals surface area contributed by atoms with E-state index < -0.39 is 0 Å². The van der Waals surface area contributed by atoms with Crippen molar-refractivity contribution in [2.45, 2.75) is 19.4 Å². The van der Waals surface area contributed by atoms with Crippen molar-refractivity contribution in [3.63, 3.8) is 0 Å². The molecule has 2 aromatic rings. The molecule has 0 aliphatic carbocycles. The first kappa shape index (κ1) is 13.3. The van der Waals surface area contributed by atoms with Crippen LogP contribution in [-0.4, -0.2) is 39.6 Å². The minimum Gasteiger partial charge on any atom is -0.329 e. The summed E-state index contributed by atoms with van der Waals surface area (Å²) in [6.07, 6.45) is 4.37. The molecule has 0 spiro atoms. The van der Waals surface area contributed by atoms with Gasteiger partial charge in [0.1, 0.15) is 0 Å². The highest BCUT2D eigenvalue weighted by Gasteiger charge is 2.19. The molecular weight excluding hydrogens is 324 g/mol. The molecule has 19 heavy (non-hydrogen) atoms. The van der Waals surface area contributed by atoms with Crippen molar-refractivity contribution in [2.75, 3.05) is 20.1 Å². The van der Waals surface area contributed by atoms with Gasteiger partial charge in [-0.3, -0.25) is 0 Å². The Labute approximate surface area is 126 Å². The molecule has 0 bridgehead atoms. The molecule has 1 saturated heterocycles. The number of pyridine rings is 1. The van der Waals surface area contributed by atoms with E-state index in [2.05, 4.69) is 42.4 Å². The van der Waals surface area contributed by atoms with E-state index in [9.17, 15) is 0 Å². The third-order valence-corrected chi connectivity index (χ3v) is 4.49. The van der Waals surface area contributed by atoms with Crippen LogP contribution in [-0.2, 0) is 6.54 Å². The Morgan fingerprint density at radius 1 is 1.58 bits per heavy atom. The zero-order valence-corrected chi connectivity index (χ0v) is 13.3. The number of hydrogen-bond acceptors (Lipinski definition) is 3. The summed E-state index contributed by atoms with van der Waals surface area (Å²) in [7, 11) is 2.19. The van der Waals surface area contributed by atoms with Gasteiger partial charge in [0.15, 0.2) is 10.4 Å². The summed E-state index contributed by atoms with van der Waals surface area (Å²) in [5.74, 6) is 0.662. The summed E-state index contributed by atoms with van der Waals surface area (Å²) in [6, 6.07) is 2.03. The van der Waals surface area contributed by atoms with Crippen molar-refractivity contribution >= 4 is 39.3 Å². The monoisotopic (exact) mass is 340 g/mol. The highest BCUT2D eigenvalue weighted by molar-refractivity contribution is 9.10. The number of H-pyrrole nitrogens is 1. The summed E-state index contributed by atoms with van der Waals surface area (Å²) in [5, 5.41) is 0. The largest absolute Gasteiger partial charge is 0.329 e. The van der Waals surface area contributed by atoms with Gasteiger partial charge in [0.05, 0.1) is 5.52 Å². The van der Waals surface area contributed by atoms with Crippen molar-refractivity contribution in [1.82, 2.24) is 19.4 Å². The second-order valence-electron chi connectivity index (χ2n) is 5.34. The third kappa shape index (κ3) is 2.75. The van der Waals surface area contributed by atoms with Gasteiger partial charge >= 0.3 is 0 Å². The minimum atomic E-state index is 0.662. The molecule has 0 aromatic carbocycles. The summed E-state index contributed by atoms with van der Waals surface area (Å²) < 4.78 is 3.88. The average molecular weight is 341 g/mol. The highest BCUT2D eigenvalue weighted by Crippen LogP contribution is 2.21. The smallest absolute Gasteiger partial charge is 0.179 e. The number of aromatic amines is 1. The van der Waals surface area contributed by atoms with Crippen LogP contribution in [0.4, 0.5) is 0 Å². The highest BCUT2D eigenvalue weighted by atomic mass is 79.9. The quantitative estimate of drug-likeness (QED) is 0.853. The molecule has 1 atom stereocenters. The van der Waals surface area contributed by atoms with Crippen LogP contribution in [0.15, 0.2) is 16.7 Å². The Morgan fingerprint density at radius 3 is 3.21 bits per heavy atom. The molecular formula is C13H17BrN4S. The lowest BCUT2D eigenvalue weighted by Crippen LogP contribution is -2.34. The van der Waals surface area contributed by atoms with Crippen molar-refractivity contribution in [1.29, 1.82) is 0 Å².